The van der Waals surface area contributed by atoms with Gasteiger partial charge in [0.15, 0.2) is 0 Å². The first-order chi connectivity index (χ1) is 4.93. The van der Waals surface area contributed by atoms with E-state index in [1.54, 1.807) is 11.9 Å². The Hall–Kier alpha value is -0.410. The molecule has 1 aliphatic rings. The van der Waals surface area contributed by atoms with Crippen LogP contribution < -0.4 is 5.32 Å². The fourth-order valence-electron chi connectivity index (χ4n) is 0.718. The molecule has 1 heterocycles. The van der Waals surface area contributed by atoms with E-state index in [4.69, 9.17) is 0 Å². The van der Waals surface area contributed by atoms with E-state index < -0.39 is 0 Å². The topological polar surface area (TPSA) is 15.3 Å². The Balaban J connectivity index is 2.19. The molecule has 0 bridgehead atoms. The molecule has 56 valence electrons. The lowest BCUT2D eigenvalue weighted by molar-refractivity contribution is 0.521. The minimum atomic E-state index is 0.939. The van der Waals surface area contributed by atoms with E-state index in [9.17, 15) is 0 Å². The van der Waals surface area contributed by atoms with Crippen molar-refractivity contribution < 1.29 is 0 Å². The smallest absolute Gasteiger partial charge is 0.0786 e. The van der Waals surface area contributed by atoms with Crippen LogP contribution in [-0.4, -0.2) is 23.3 Å². The van der Waals surface area contributed by atoms with Crippen LogP contribution in [0.3, 0.4) is 0 Å². The van der Waals surface area contributed by atoms with Crippen molar-refractivity contribution in [1.82, 2.24) is 9.62 Å². The molecule has 1 rings (SSSR count). The van der Waals surface area contributed by atoms with Crippen LogP contribution in [0.5, 0.6) is 0 Å². The summed E-state index contributed by atoms with van der Waals surface area (Å²) in [6.07, 6.45) is 6.12. The fraction of sp³-hybridized carbons (Fsp3) is 0.429. The first-order valence-corrected chi connectivity index (χ1v) is 4.25. The maximum atomic E-state index is 3.65. The summed E-state index contributed by atoms with van der Waals surface area (Å²) in [5.74, 6) is 0.978. The van der Waals surface area contributed by atoms with Crippen LogP contribution in [0.25, 0.3) is 0 Å². The maximum Gasteiger partial charge on any atom is 0.0786 e. The number of rotatable bonds is 3. The third kappa shape index (κ3) is 2.45. The van der Waals surface area contributed by atoms with E-state index in [0.717, 1.165) is 19.0 Å². The molecule has 0 fully saturated rings. The van der Waals surface area contributed by atoms with Gasteiger partial charge in [-0.05, 0) is 11.9 Å². The molecule has 3 heteroatoms. The van der Waals surface area contributed by atoms with Gasteiger partial charge in [-0.25, -0.2) is 0 Å². The largest absolute Gasteiger partial charge is 0.309 e. The van der Waals surface area contributed by atoms with Gasteiger partial charge in [-0.2, -0.15) is 0 Å². The summed E-state index contributed by atoms with van der Waals surface area (Å²) < 4.78 is 2.16. The zero-order chi connectivity index (χ0) is 7.23. The van der Waals surface area contributed by atoms with Crippen LogP contribution in [0.2, 0.25) is 0 Å². The molecule has 10 heavy (non-hydrogen) atoms. The number of hydrogen-bond acceptors (Lipinski definition) is 3. The predicted molar refractivity (Wildman–Crippen MR) is 46.5 cm³/mol. The van der Waals surface area contributed by atoms with Gasteiger partial charge in [0.25, 0.3) is 0 Å². The second-order valence-corrected chi connectivity index (χ2v) is 3.06. The average molecular weight is 156 g/mol. The third-order valence-corrected chi connectivity index (χ3v) is 2.13. The number of hydrogen-bond donors (Lipinski definition) is 1. The molecule has 0 atom stereocenters. The van der Waals surface area contributed by atoms with E-state index in [1.165, 1.54) is 0 Å². The monoisotopic (exact) mass is 156 g/mol. The van der Waals surface area contributed by atoms with Crippen LogP contribution in [0, 0.1) is 0 Å². The summed E-state index contributed by atoms with van der Waals surface area (Å²) >= 11 is 1.76. The Morgan fingerprint density at radius 2 is 2.70 bits per heavy atom. The summed E-state index contributed by atoms with van der Waals surface area (Å²) in [5, 5.41) is 3.23. The molecule has 0 aliphatic carbocycles. The van der Waals surface area contributed by atoms with Gasteiger partial charge in [0.05, 0.1) is 6.67 Å². The predicted octanol–water partition coefficient (Wildman–Crippen LogP) is 1.20. The molecule has 0 aromatic heterocycles. The second kappa shape index (κ2) is 4.41. The molecule has 0 saturated carbocycles. The molecule has 0 saturated heterocycles. The van der Waals surface area contributed by atoms with Gasteiger partial charge in [0, 0.05) is 18.5 Å². The van der Waals surface area contributed by atoms with Crippen molar-refractivity contribution in [3.05, 3.63) is 24.9 Å². The summed E-state index contributed by atoms with van der Waals surface area (Å²) in [5.41, 5.74) is 0. The highest BCUT2D eigenvalue weighted by molar-refractivity contribution is 7.97. The molecule has 0 aromatic rings. The zero-order valence-corrected chi connectivity index (χ0v) is 6.73. The van der Waals surface area contributed by atoms with Crippen LogP contribution in [0.15, 0.2) is 24.9 Å². The van der Waals surface area contributed by atoms with Crippen molar-refractivity contribution in [1.29, 1.82) is 0 Å². The molecule has 0 radical (unpaired) electrons. The maximum absolute atomic E-state index is 3.65. The molecule has 0 amide bonds. The molecule has 2 nitrogen and oxygen atoms in total. The van der Waals surface area contributed by atoms with Gasteiger partial charge < -0.3 is 4.31 Å². The third-order valence-electron chi connectivity index (χ3n) is 1.16. The minimum Gasteiger partial charge on any atom is -0.309 e. The summed E-state index contributed by atoms with van der Waals surface area (Å²) in [6, 6.07) is 0. The van der Waals surface area contributed by atoms with Crippen LogP contribution in [-0.2, 0) is 0 Å². The Kier molecular flexibility index (Phi) is 3.40. The van der Waals surface area contributed by atoms with Gasteiger partial charge in [-0.3, -0.25) is 5.32 Å². The van der Waals surface area contributed by atoms with Crippen LogP contribution >= 0.6 is 11.9 Å². The molecular formula is C7H12N2S. The standard InChI is InChI=1S/C7H12N2S/c1-2-6-10-9-5-3-4-8-7-9/h2-3,5,8H,1,4,6-7H2. The van der Waals surface area contributed by atoms with Crippen LogP contribution in [0.1, 0.15) is 0 Å². The molecule has 0 unspecified atom stereocenters. The first-order valence-electron chi connectivity index (χ1n) is 3.31. The first kappa shape index (κ1) is 7.69. The Morgan fingerprint density at radius 1 is 1.80 bits per heavy atom. The quantitative estimate of drug-likeness (QED) is 0.488. The SMILES string of the molecule is C=CCSN1C=CCNC1. The summed E-state index contributed by atoms with van der Waals surface area (Å²) in [7, 11) is 0. The second-order valence-electron chi connectivity index (χ2n) is 2.00. The Bertz CT molecular complexity index is 134. The van der Waals surface area contributed by atoms with E-state index in [0.29, 0.717) is 0 Å². The van der Waals surface area contributed by atoms with Crippen LogP contribution in [0.4, 0.5) is 0 Å². The fourth-order valence-corrected chi connectivity index (χ4v) is 1.37. The average Bonchev–Trinajstić information content (AvgIpc) is 2.03. The number of nitrogens with zero attached hydrogens (tertiary/aromatic N) is 1. The summed E-state index contributed by atoms with van der Waals surface area (Å²) in [4.78, 5) is 0. The van der Waals surface area contributed by atoms with Crippen molar-refractivity contribution in [3.8, 4) is 0 Å². The van der Waals surface area contributed by atoms with Crippen molar-refractivity contribution in [2.75, 3.05) is 19.0 Å². The van der Waals surface area contributed by atoms with Crippen molar-refractivity contribution in [2.24, 2.45) is 0 Å². The van der Waals surface area contributed by atoms with E-state index in [1.807, 2.05) is 6.08 Å². The van der Waals surface area contributed by atoms with E-state index in [2.05, 4.69) is 28.5 Å². The van der Waals surface area contributed by atoms with Crippen molar-refractivity contribution >= 4 is 11.9 Å². The van der Waals surface area contributed by atoms with Gasteiger partial charge in [-0.1, -0.05) is 12.2 Å². The highest BCUT2D eigenvalue weighted by Gasteiger charge is 2.00. The zero-order valence-electron chi connectivity index (χ0n) is 5.92. The highest BCUT2D eigenvalue weighted by atomic mass is 32.2. The molecule has 0 aromatic carbocycles. The number of nitrogens with one attached hydrogen (secondary N) is 1. The van der Waals surface area contributed by atoms with Crippen molar-refractivity contribution in [2.45, 2.75) is 0 Å². The van der Waals surface area contributed by atoms with Gasteiger partial charge in [0.2, 0.25) is 0 Å². The van der Waals surface area contributed by atoms with Gasteiger partial charge in [0.1, 0.15) is 0 Å². The normalized spacial score (nSPS) is 17.4. The lowest BCUT2D eigenvalue weighted by Crippen LogP contribution is -2.29. The van der Waals surface area contributed by atoms with Gasteiger partial charge >= 0.3 is 0 Å². The Morgan fingerprint density at radius 3 is 3.30 bits per heavy atom. The highest BCUT2D eigenvalue weighted by Crippen LogP contribution is 2.10. The molecule has 1 N–H and O–H groups in total. The Labute approximate surface area is 66.1 Å². The van der Waals surface area contributed by atoms with Crippen molar-refractivity contribution in [3.63, 3.8) is 0 Å². The van der Waals surface area contributed by atoms with E-state index >= 15 is 0 Å². The lowest BCUT2D eigenvalue weighted by Gasteiger charge is -2.21. The molecular weight excluding hydrogens is 144 g/mol. The minimum absolute atomic E-state index is 0.939. The summed E-state index contributed by atoms with van der Waals surface area (Å²) in [6.45, 7) is 5.58. The van der Waals surface area contributed by atoms with E-state index in [-0.39, 0.29) is 0 Å². The molecule has 0 spiro atoms. The molecule has 1 aliphatic heterocycles. The van der Waals surface area contributed by atoms with Gasteiger partial charge in [-0.15, -0.1) is 6.58 Å². The lowest BCUT2D eigenvalue weighted by atomic mass is 10.5.